The minimum absolute atomic E-state index is 0.232. The number of nitrogens with zero attached hydrogens (tertiary/aromatic N) is 2. The smallest absolute Gasteiger partial charge is 0.326 e. The van der Waals surface area contributed by atoms with Gasteiger partial charge in [-0.25, -0.2) is 9.59 Å². The number of hydrogen-bond donors (Lipinski definition) is 2. The van der Waals surface area contributed by atoms with E-state index in [2.05, 4.69) is 0 Å². The van der Waals surface area contributed by atoms with Crippen LogP contribution < -0.4 is 0 Å². The van der Waals surface area contributed by atoms with Crippen LogP contribution in [0.15, 0.2) is 24.3 Å². The molecule has 0 radical (unpaired) electrons. The van der Waals surface area contributed by atoms with E-state index in [1.807, 2.05) is 0 Å². The van der Waals surface area contributed by atoms with Gasteiger partial charge in [0.1, 0.15) is 12.1 Å². The van der Waals surface area contributed by atoms with Crippen LogP contribution in [0.3, 0.4) is 0 Å². The maximum Gasteiger partial charge on any atom is 0.326 e. The molecule has 26 heavy (non-hydrogen) atoms. The zero-order chi connectivity index (χ0) is 18.8. The zero-order valence-electron chi connectivity index (χ0n) is 14.1. The molecule has 0 unspecified atom stereocenters. The van der Waals surface area contributed by atoms with Crippen molar-refractivity contribution >= 4 is 23.8 Å². The first-order chi connectivity index (χ1) is 12.4. The highest BCUT2D eigenvalue weighted by Crippen LogP contribution is 2.23. The Kier molecular flexibility index (Phi) is 4.92. The highest BCUT2D eigenvalue weighted by atomic mass is 16.4. The number of carboxylic acid groups (broad SMARTS) is 2. The van der Waals surface area contributed by atoms with Gasteiger partial charge in [-0.2, -0.15) is 0 Å². The second kappa shape index (κ2) is 7.15. The summed E-state index contributed by atoms with van der Waals surface area (Å²) in [7, 11) is 0. The molecule has 2 heterocycles. The molecule has 8 heteroatoms. The molecule has 2 amide bonds. The largest absolute Gasteiger partial charge is 0.480 e. The lowest BCUT2D eigenvalue weighted by Crippen LogP contribution is -2.41. The van der Waals surface area contributed by atoms with Crippen LogP contribution in [-0.2, 0) is 9.59 Å². The molecule has 138 valence electrons. The predicted octanol–water partition coefficient (Wildman–Crippen LogP) is 1.06. The molecule has 2 aliphatic heterocycles. The third kappa shape index (κ3) is 3.26. The lowest BCUT2D eigenvalue weighted by Gasteiger charge is -2.23. The maximum absolute atomic E-state index is 12.7. The summed E-state index contributed by atoms with van der Waals surface area (Å²) in [5.74, 6) is -2.93. The molecule has 0 aromatic heterocycles. The maximum atomic E-state index is 12.7. The van der Waals surface area contributed by atoms with Crippen LogP contribution in [-0.4, -0.2) is 68.9 Å². The standard InChI is InChI=1S/C18H20N2O6/c21-15(19-8-2-6-13(19)17(23)24)11-4-1-5-12(10-11)16(22)20-9-3-7-14(20)18(25)26/h1,4-5,10,13-14H,2-3,6-9H2,(H,23,24)(H,25,26)/t13-,14-/m0/s1. The molecule has 0 spiro atoms. The Morgan fingerprint density at radius 2 is 1.23 bits per heavy atom. The summed E-state index contributed by atoms with van der Waals surface area (Å²) in [6.45, 7) is 0.725. The number of benzene rings is 1. The summed E-state index contributed by atoms with van der Waals surface area (Å²) in [5.41, 5.74) is 0.463. The number of aliphatic carboxylic acids is 2. The van der Waals surface area contributed by atoms with Crippen molar-refractivity contribution in [2.24, 2.45) is 0 Å². The number of amides is 2. The monoisotopic (exact) mass is 360 g/mol. The van der Waals surface area contributed by atoms with Gasteiger partial charge in [-0.3, -0.25) is 9.59 Å². The second-order valence-electron chi connectivity index (χ2n) is 6.57. The fourth-order valence-corrected chi connectivity index (χ4v) is 3.65. The van der Waals surface area contributed by atoms with Gasteiger partial charge in [0.25, 0.3) is 11.8 Å². The van der Waals surface area contributed by atoms with E-state index in [1.54, 1.807) is 6.07 Å². The summed E-state index contributed by atoms with van der Waals surface area (Å²) >= 11 is 0. The van der Waals surface area contributed by atoms with E-state index in [-0.39, 0.29) is 11.1 Å². The topological polar surface area (TPSA) is 115 Å². The fraction of sp³-hybridized carbons (Fsp3) is 0.444. The molecule has 8 nitrogen and oxygen atoms in total. The Balaban J connectivity index is 1.82. The van der Waals surface area contributed by atoms with Crippen molar-refractivity contribution in [3.05, 3.63) is 35.4 Å². The Morgan fingerprint density at radius 3 is 1.62 bits per heavy atom. The van der Waals surface area contributed by atoms with Crippen molar-refractivity contribution in [2.45, 2.75) is 37.8 Å². The average Bonchev–Trinajstić information content (AvgIpc) is 3.29. The van der Waals surface area contributed by atoms with Crippen LogP contribution in [0.1, 0.15) is 46.4 Å². The van der Waals surface area contributed by atoms with Gasteiger partial charge < -0.3 is 20.0 Å². The van der Waals surface area contributed by atoms with E-state index in [4.69, 9.17) is 0 Å². The molecule has 2 fully saturated rings. The molecule has 3 rings (SSSR count). The van der Waals surface area contributed by atoms with Crippen LogP contribution in [0.5, 0.6) is 0 Å². The Bertz CT molecular complexity index is 703. The SMILES string of the molecule is O=C(O)[C@@H]1CCCN1C(=O)c1cccc(C(=O)N2CCC[C@H]2C(=O)O)c1. The minimum Gasteiger partial charge on any atom is -0.480 e. The van der Waals surface area contributed by atoms with E-state index in [0.29, 0.717) is 38.8 Å². The number of carbonyl (C=O) groups is 4. The Labute approximate surface area is 150 Å². The summed E-state index contributed by atoms with van der Waals surface area (Å²) in [5, 5.41) is 18.5. The molecular weight excluding hydrogens is 340 g/mol. The average molecular weight is 360 g/mol. The van der Waals surface area contributed by atoms with Crippen molar-refractivity contribution in [1.82, 2.24) is 9.80 Å². The van der Waals surface area contributed by atoms with E-state index < -0.39 is 35.8 Å². The van der Waals surface area contributed by atoms with Gasteiger partial charge in [0.2, 0.25) is 0 Å². The van der Waals surface area contributed by atoms with Crippen molar-refractivity contribution in [1.29, 1.82) is 0 Å². The van der Waals surface area contributed by atoms with Crippen LogP contribution >= 0.6 is 0 Å². The summed E-state index contributed by atoms with van der Waals surface area (Å²) in [6, 6.07) is 4.34. The van der Waals surface area contributed by atoms with Gasteiger partial charge in [-0.15, -0.1) is 0 Å². The first kappa shape index (κ1) is 17.9. The van der Waals surface area contributed by atoms with E-state index in [1.165, 1.54) is 28.0 Å². The molecule has 0 bridgehead atoms. The number of carboxylic acids is 2. The normalized spacial score (nSPS) is 22.5. The van der Waals surface area contributed by atoms with Crippen molar-refractivity contribution in [3.63, 3.8) is 0 Å². The lowest BCUT2D eigenvalue weighted by molar-refractivity contribution is -0.142. The first-order valence-electron chi connectivity index (χ1n) is 8.57. The minimum atomic E-state index is -1.04. The molecule has 2 saturated heterocycles. The van der Waals surface area contributed by atoms with Crippen LogP contribution in [0.4, 0.5) is 0 Å². The van der Waals surface area contributed by atoms with Crippen molar-refractivity contribution in [2.75, 3.05) is 13.1 Å². The summed E-state index contributed by atoms with van der Waals surface area (Å²) in [6.07, 6.45) is 2.06. The molecule has 1 aromatic rings. The van der Waals surface area contributed by atoms with Gasteiger partial charge in [-0.05, 0) is 43.9 Å². The van der Waals surface area contributed by atoms with Gasteiger partial charge in [-0.1, -0.05) is 6.07 Å². The van der Waals surface area contributed by atoms with Crippen molar-refractivity contribution < 1.29 is 29.4 Å². The molecule has 2 aliphatic rings. The molecular formula is C18H20N2O6. The highest BCUT2D eigenvalue weighted by Gasteiger charge is 2.36. The molecule has 2 atom stereocenters. The third-order valence-corrected chi connectivity index (χ3v) is 4.95. The summed E-state index contributed by atoms with van der Waals surface area (Å²) < 4.78 is 0. The molecule has 0 saturated carbocycles. The zero-order valence-corrected chi connectivity index (χ0v) is 14.1. The lowest BCUT2D eigenvalue weighted by atomic mass is 10.1. The highest BCUT2D eigenvalue weighted by molar-refractivity contribution is 6.01. The predicted molar refractivity (Wildman–Crippen MR) is 89.8 cm³/mol. The number of hydrogen-bond acceptors (Lipinski definition) is 4. The van der Waals surface area contributed by atoms with Gasteiger partial charge in [0.05, 0.1) is 0 Å². The number of likely N-dealkylation sites (tertiary alicyclic amines) is 2. The number of carbonyl (C=O) groups excluding carboxylic acids is 2. The van der Waals surface area contributed by atoms with E-state index in [9.17, 15) is 29.4 Å². The number of rotatable bonds is 4. The van der Waals surface area contributed by atoms with Crippen molar-refractivity contribution in [3.8, 4) is 0 Å². The quantitative estimate of drug-likeness (QED) is 0.830. The second-order valence-corrected chi connectivity index (χ2v) is 6.57. The summed E-state index contributed by atoms with van der Waals surface area (Å²) in [4.78, 5) is 50.5. The third-order valence-electron chi connectivity index (χ3n) is 4.95. The Hall–Kier alpha value is -2.90. The van der Waals surface area contributed by atoms with Gasteiger partial charge in [0.15, 0.2) is 0 Å². The van der Waals surface area contributed by atoms with E-state index in [0.717, 1.165) is 0 Å². The van der Waals surface area contributed by atoms with Gasteiger partial charge >= 0.3 is 11.9 Å². The van der Waals surface area contributed by atoms with E-state index >= 15 is 0 Å². The van der Waals surface area contributed by atoms with Crippen LogP contribution in [0, 0.1) is 0 Å². The fourth-order valence-electron chi connectivity index (χ4n) is 3.65. The molecule has 2 N–H and O–H groups in total. The van der Waals surface area contributed by atoms with Crippen LogP contribution in [0.25, 0.3) is 0 Å². The van der Waals surface area contributed by atoms with Crippen LogP contribution in [0.2, 0.25) is 0 Å². The Morgan fingerprint density at radius 1 is 0.808 bits per heavy atom. The molecule has 0 aliphatic carbocycles. The first-order valence-corrected chi connectivity index (χ1v) is 8.57. The molecule has 1 aromatic carbocycles. The van der Waals surface area contributed by atoms with Gasteiger partial charge in [0, 0.05) is 24.2 Å².